The zero-order valence-electron chi connectivity index (χ0n) is 10.5. The van der Waals surface area contributed by atoms with Crippen LogP contribution in [-0.4, -0.2) is 23.6 Å². The van der Waals surface area contributed by atoms with Crippen molar-refractivity contribution in [3.63, 3.8) is 0 Å². The van der Waals surface area contributed by atoms with Crippen molar-refractivity contribution in [1.82, 2.24) is 0 Å². The van der Waals surface area contributed by atoms with Gasteiger partial charge in [-0.3, -0.25) is 9.59 Å². The van der Waals surface area contributed by atoms with Gasteiger partial charge in [0.05, 0.1) is 12.3 Å². The largest absolute Gasteiger partial charge is 0.458 e. The van der Waals surface area contributed by atoms with E-state index in [2.05, 4.69) is 0 Å². The maximum Gasteiger partial charge on any atom is 0.310 e. The number of rotatable bonds is 3. The Labute approximate surface area is 102 Å². The molecule has 2 rings (SSSR count). The Bertz CT molecular complexity index is 325. The van der Waals surface area contributed by atoms with Gasteiger partial charge in [0.2, 0.25) is 0 Å². The maximum absolute atomic E-state index is 11.9. The van der Waals surface area contributed by atoms with E-state index in [-0.39, 0.29) is 30.4 Å². The lowest BCUT2D eigenvalue weighted by Crippen LogP contribution is -2.46. The summed E-state index contributed by atoms with van der Waals surface area (Å²) in [5, 5.41) is 0. The zero-order chi connectivity index (χ0) is 12.5. The van der Waals surface area contributed by atoms with E-state index in [0.29, 0.717) is 0 Å². The average molecular weight is 240 g/mol. The lowest BCUT2D eigenvalue weighted by atomic mass is 9.81. The van der Waals surface area contributed by atoms with Crippen molar-refractivity contribution in [2.24, 2.45) is 5.92 Å². The van der Waals surface area contributed by atoms with E-state index < -0.39 is 5.60 Å². The second-order valence-corrected chi connectivity index (χ2v) is 5.20. The number of carbonyl (C=O) groups is 2. The van der Waals surface area contributed by atoms with Crippen molar-refractivity contribution in [2.75, 3.05) is 0 Å². The minimum atomic E-state index is -0.657. The first kappa shape index (κ1) is 12.4. The fourth-order valence-electron chi connectivity index (χ4n) is 2.61. The van der Waals surface area contributed by atoms with Gasteiger partial charge in [0.25, 0.3) is 0 Å². The molecule has 0 aromatic heterocycles. The summed E-state index contributed by atoms with van der Waals surface area (Å²) >= 11 is 0. The van der Waals surface area contributed by atoms with Gasteiger partial charge in [0.15, 0.2) is 5.60 Å². The molecule has 1 saturated carbocycles. The van der Waals surface area contributed by atoms with Gasteiger partial charge < -0.3 is 9.47 Å². The van der Waals surface area contributed by atoms with Gasteiger partial charge >= 0.3 is 11.9 Å². The highest BCUT2D eigenvalue weighted by molar-refractivity contribution is 5.77. The van der Waals surface area contributed by atoms with Crippen molar-refractivity contribution in [3.05, 3.63) is 0 Å². The van der Waals surface area contributed by atoms with Crippen LogP contribution in [0.25, 0.3) is 0 Å². The molecular formula is C13H20O4. The summed E-state index contributed by atoms with van der Waals surface area (Å²) < 4.78 is 10.9. The SMILES string of the molecule is CCC(C)C(=O)OC12CCCCC1OC(=O)C2. The average Bonchev–Trinajstić information content (AvgIpc) is 2.63. The number of hydrogen-bond donors (Lipinski definition) is 0. The molecule has 1 saturated heterocycles. The van der Waals surface area contributed by atoms with E-state index in [1.807, 2.05) is 13.8 Å². The van der Waals surface area contributed by atoms with E-state index >= 15 is 0 Å². The van der Waals surface area contributed by atoms with Crippen molar-refractivity contribution in [1.29, 1.82) is 0 Å². The van der Waals surface area contributed by atoms with Crippen LogP contribution in [0.5, 0.6) is 0 Å². The normalized spacial score (nSPS) is 33.8. The predicted octanol–water partition coefficient (Wildman–Crippen LogP) is 2.20. The van der Waals surface area contributed by atoms with Crippen LogP contribution in [0.3, 0.4) is 0 Å². The highest BCUT2D eigenvalue weighted by atomic mass is 16.6. The number of carbonyl (C=O) groups excluding carboxylic acids is 2. The van der Waals surface area contributed by atoms with Gasteiger partial charge in [0.1, 0.15) is 6.10 Å². The quantitative estimate of drug-likeness (QED) is 0.710. The molecule has 0 aromatic carbocycles. The Morgan fingerprint density at radius 2 is 2.35 bits per heavy atom. The molecule has 1 heterocycles. The number of ether oxygens (including phenoxy) is 2. The smallest absolute Gasteiger partial charge is 0.310 e. The minimum absolute atomic E-state index is 0.109. The van der Waals surface area contributed by atoms with Crippen LogP contribution in [0.15, 0.2) is 0 Å². The Kier molecular flexibility index (Phi) is 3.40. The molecule has 0 bridgehead atoms. The van der Waals surface area contributed by atoms with E-state index in [1.54, 1.807) is 0 Å². The second-order valence-electron chi connectivity index (χ2n) is 5.20. The third kappa shape index (κ3) is 2.31. The van der Waals surface area contributed by atoms with Crippen LogP contribution in [0.4, 0.5) is 0 Å². The molecule has 3 atom stereocenters. The van der Waals surface area contributed by atoms with E-state index in [1.165, 1.54) is 0 Å². The highest BCUT2D eigenvalue weighted by Crippen LogP contribution is 2.42. The molecule has 4 nitrogen and oxygen atoms in total. The summed E-state index contributed by atoms with van der Waals surface area (Å²) in [5.41, 5.74) is -0.657. The Hall–Kier alpha value is -1.06. The topological polar surface area (TPSA) is 52.6 Å². The van der Waals surface area contributed by atoms with E-state index in [4.69, 9.17) is 9.47 Å². The molecule has 0 radical (unpaired) electrons. The second kappa shape index (κ2) is 4.67. The molecule has 4 heteroatoms. The van der Waals surface area contributed by atoms with Crippen molar-refractivity contribution >= 4 is 11.9 Å². The van der Waals surface area contributed by atoms with Crippen molar-refractivity contribution < 1.29 is 19.1 Å². The lowest BCUT2D eigenvalue weighted by Gasteiger charge is -2.36. The molecule has 3 unspecified atom stereocenters. The highest BCUT2D eigenvalue weighted by Gasteiger charge is 2.53. The first-order valence-corrected chi connectivity index (χ1v) is 6.50. The first-order chi connectivity index (χ1) is 8.07. The molecule has 17 heavy (non-hydrogen) atoms. The molecule has 2 fully saturated rings. The third-order valence-corrected chi connectivity index (χ3v) is 3.94. The summed E-state index contributed by atoms with van der Waals surface area (Å²) in [6.45, 7) is 3.81. The summed E-state index contributed by atoms with van der Waals surface area (Å²) in [7, 11) is 0. The zero-order valence-corrected chi connectivity index (χ0v) is 10.5. The maximum atomic E-state index is 11.9. The van der Waals surface area contributed by atoms with E-state index in [9.17, 15) is 9.59 Å². The third-order valence-electron chi connectivity index (χ3n) is 3.94. The van der Waals surface area contributed by atoms with Crippen LogP contribution in [0.2, 0.25) is 0 Å². The molecule has 1 aliphatic carbocycles. The summed E-state index contributed by atoms with van der Waals surface area (Å²) in [4.78, 5) is 23.3. The summed E-state index contributed by atoms with van der Waals surface area (Å²) in [6.07, 6.45) is 4.40. The Balaban J connectivity index is 2.10. The van der Waals surface area contributed by atoms with Gasteiger partial charge in [-0.1, -0.05) is 13.8 Å². The Morgan fingerprint density at radius 3 is 3.06 bits per heavy atom. The summed E-state index contributed by atoms with van der Waals surface area (Å²) in [6, 6.07) is 0. The van der Waals surface area contributed by atoms with Crippen molar-refractivity contribution in [2.45, 2.75) is 64.1 Å². The van der Waals surface area contributed by atoms with Crippen LogP contribution in [0, 0.1) is 5.92 Å². The fraction of sp³-hybridized carbons (Fsp3) is 0.846. The molecule has 0 N–H and O–H groups in total. The number of esters is 2. The molecule has 1 aliphatic heterocycles. The number of hydrogen-bond acceptors (Lipinski definition) is 4. The van der Waals surface area contributed by atoms with Gasteiger partial charge in [0, 0.05) is 0 Å². The molecule has 2 aliphatic rings. The van der Waals surface area contributed by atoms with Gasteiger partial charge in [-0.2, -0.15) is 0 Å². The fourth-order valence-corrected chi connectivity index (χ4v) is 2.61. The van der Waals surface area contributed by atoms with Gasteiger partial charge in [-0.05, 0) is 32.1 Å². The first-order valence-electron chi connectivity index (χ1n) is 6.50. The Morgan fingerprint density at radius 1 is 1.59 bits per heavy atom. The van der Waals surface area contributed by atoms with Gasteiger partial charge in [-0.25, -0.2) is 0 Å². The molecule has 0 amide bonds. The minimum Gasteiger partial charge on any atom is -0.458 e. The molecule has 96 valence electrons. The number of fused-ring (bicyclic) bond motifs is 1. The lowest BCUT2D eigenvalue weighted by molar-refractivity contribution is -0.175. The molecule has 0 aromatic rings. The monoisotopic (exact) mass is 240 g/mol. The van der Waals surface area contributed by atoms with Crippen LogP contribution in [0.1, 0.15) is 52.4 Å². The van der Waals surface area contributed by atoms with Crippen LogP contribution >= 0.6 is 0 Å². The van der Waals surface area contributed by atoms with Crippen molar-refractivity contribution in [3.8, 4) is 0 Å². The molecular weight excluding hydrogens is 220 g/mol. The van der Waals surface area contributed by atoms with Gasteiger partial charge in [-0.15, -0.1) is 0 Å². The van der Waals surface area contributed by atoms with Crippen LogP contribution < -0.4 is 0 Å². The molecule has 0 spiro atoms. The summed E-state index contributed by atoms with van der Waals surface area (Å²) in [5.74, 6) is -0.533. The van der Waals surface area contributed by atoms with E-state index in [0.717, 1.165) is 32.1 Å². The predicted molar refractivity (Wildman–Crippen MR) is 61.2 cm³/mol. The standard InChI is InChI=1S/C13H20O4/c1-3-9(2)12(15)17-13-7-5-4-6-10(13)16-11(14)8-13/h9-10H,3-8H2,1-2H3. The van der Waals surface area contributed by atoms with Crippen LogP contribution in [-0.2, 0) is 19.1 Å².